The molecule has 0 aromatic carbocycles. The van der Waals surface area contributed by atoms with E-state index >= 15 is 0 Å². The van der Waals surface area contributed by atoms with Crippen molar-refractivity contribution in [2.24, 2.45) is 0 Å². The summed E-state index contributed by atoms with van der Waals surface area (Å²) in [6.07, 6.45) is 5.43. The van der Waals surface area contributed by atoms with Gasteiger partial charge in [0, 0.05) is 29.7 Å². The van der Waals surface area contributed by atoms with Crippen LogP contribution in [0.4, 0.5) is 5.95 Å². The monoisotopic (exact) mass is 348 g/mol. The van der Waals surface area contributed by atoms with Crippen LogP contribution < -0.4 is 5.32 Å². The molecule has 0 saturated carbocycles. The Kier molecular flexibility index (Phi) is 4.26. The second-order valence-electron chi connectivity index (χ2n) is 5.58. The van der Waals surface area contributed by atoms with Crippen molar-refractivity contribution in [2.45, 2.75) is 13.5 Å². The van der Waals surface area contributed by atoms with Gasteiger partial charge in [0.15, 0.2) is 0 Å². The Balaban J connectivity index is 1.68. The minimum absolute atomic E-state index is 0.540. The van der Waals surface area contributed by atoms with Gasteiger partial charge in [-0.2, -0.15) is 11.3 Å². The van der Waals surface area contributed by atoms with E-state index in [1.807, 2.05) is 49.0 Å². The van der Waals surface area contributed by atoms with Gasteiger partial charge in [0.05, 0.1) is 12.2 Å². The first kappa shape index (κ1) is 15.5. The van der Waals surface area contributed by atoms with Crippen LogP contribution in [-0.4, -0.2) is 15.0 Å². The number of anilines is 1. The number of thiophene rings is 1. The molecule has 5 nitrogen and oxygen atoms in total. The lowest BCUT2D eigenvalue weighted by Gasteiger charge is -2.10. The highest BCUT2D eigenvalue weighted by Crippen LogP contribution is 2.31. The predicted molar refractivity (Wildman–Crippen MR) is 99.3 cm³/mol. The first-order valence-electron chi connectivity index (χ1n) is 7.89. The summed E-state index contributed by atoms with van der Waals surface area (Å²) in [6, 6.07) is 9.88. The number of rotatable bonds is 5. The fourth-order valence-electron chi connectivity index (χ4n) is 2.57. The van der Waals surface area contributed by atoms with Gasteiger partial charge < -0.3 is 9.73 Å². The van der Waals surface area contributed by atoms with Crippen molar-refractivity contribution in [3.05, 3.63) is 71.2 Å². The normalized spacial score (nSPS) is 10.8. The maximum atomic E-state index is 5.58. The van der Waals surface area contributed by atoms with E-state index in [0.29, 0.717) is 12.5 Å². The molecular weight excluding hydrogens is 332 g/mol. The maximum Gasteiger partial charge on any atom is 0.223 e. The zero-order valence-corrected chi connectivity index (χ0v) is 14.5. The third-order valence-corrected chi connectivity index (χ3v) is 4.46. The lowest BCUT2D eigenvalue weighted by atomic mass is 10.0. The SMILES string of the molecule is Cc1ccc(CNc2ncc(-c3ccsc3)c(-c3cccnc3)n2)o1. The van der Waals surface area contributed by atoms with E-state index < -0.39 is 0 Å². The van der Waals surface area contributed by atoms with Gasteiger partial charge in [-0.05, 0) is 53.6 Å². The van der Waals surface area contributed by atoms with E-state index in [-0.39, 0.29) is 0 Å². The van der Waals surface area contributed by atoms with E-state index in [0.717, 1.165) is 33.9 Å². The molecule has 6 heteroatoms. The molecule has 4 aromatic heterocycles. The van der Waals surface area contributed by atoms with Crippen LogP contribution in [0.5, 0.6) is 0 Å². The van der Waals surface area contributed by atoms with Gasteiger partial charge in [0.2, 0.25) is 5.95 Å². The second-order valence-corrected chi connectivity index (χ2v) is 6.36. The average Bonchev–Trinajstić information content (AvgIpc) is 3.32. The molecule has 0 unspecified atom stereocenters. The topological polar surface area (TPSA) is 63.8 Å². The third kappa shape index (κ3) is 3.44. The Labute approximate surface area is 149 Å². The molecule has 0 aliphatic heterocycles. The first-order chi connectivity index (χ1) is 12.3. The van der Waals surface area contributed by atoms with E-state index in [4.69, 9.17) is 9.40 Å². The number of hydrogen-bond acceptors (Lipinski definition) is 6. The molecule has 4 heterocycles. The Morgan fingerprint density at radius 3 is 2.80 bits per heavy atom. The summed E-state index contributed by atoms with van der Waals surface area (Å²) in [4.78, 5) is 13.4. The third-order valence-electron chi connectivity index (χ3n) is 3.77. The molecule has 1 N–H and O–H groups in total. The molecular formula is C19H16N4OS. The van der Waals surface area contributed by atoms with Gasteiger partial charge in [-0.25, -0.2) is 9.97 Å². The number of nitrogens with one attached hydrogen (secondary N) is 1. The number of pyridine rings is 1. The van der Waals surface area contributed by atoms with E-state index in [1.165, 1.54) is 0 Å². The number of aryl methyl sites for hydroxylation is 1. The quantitative estimate of drug-likeness (QED) is 0.562. The van der Waals surface area contributed by atoms with Crippen LogP contribution in [0, 0.1) is 6.92 Å². The minimum atomic E-state index is 0.540. The molecule has 0 atom stereocenters. The summed E-state index contributed by atoms with van der Waals surface area (Å²) in [5.41, 5.74) is 3.92. The molecule has 4 aromatic rings. The summed E-state index contributed by atoms with van der Waals surface area (Å²) in [5, 5.41) is 7.37. The average molecular weight is 348 g/mol. The van der Waals surface area contributed by atoms with Crippen molar-refractivity contribution in [1.29, 1.82) is 0 Å². The van der Waals surface area contributed by atoms with Crippen LogP contribution in [0.25, 0.3) is 22.4 Å². The van der Waals surface area contributed by atoms with Crippen molar-refractivity contribution in [3.63, 3.8) is 0 Å². The van der Waals surface area contributed by atoms with Gasteiger partial charge in [0.1, 0.15) is 11.5 Å². The highest BCUT2D eigenvalue weighted by molar-refractivity contribution is 7.08. The van der Waals surface area contributed by atoms with Crippen LogP contribution in [0.3, 0.4) is 0 Å². The Morgan fingerprint density at radius 1 is 1.12 bits per heavy atom. The molecule has 0 saturated heterocycles. The molecule has 25 heavy (non-hydrogen) atoms. The molecule has 0 fully saturated rings. The number of hydrogen-bond donors (Lipinski definition) is 1. The minimum Gasteiger partial charge on any atom is -0.465 e. The molecule has 0 radical (unpaired) electrons. The standard InChI is InChI=1S/C19H16N4OS/c1-13-4-5-16(24-13)10-21-19-22-11-17(15-6-8-25-12-15)18(23-19)14-3-2-7-20-9-14/h2-9,11-12H,10H2,1H3,(H,21,22,23). The summed E-state index contributed by atoms with van der Waals surface area (Å²) >= 11 is 1.65. The van der Waals surface area contributed by atoms with E-state index in [2.05, 4.69) is 26.7 Å². The van der Waals surface area contributed by atoms with Crippen molar-refractivity contribution < 1.29 is 4.42 Å². The van der Waals surface area contributed by atoms with Crippen molar-refractivity contribution in [2.75, 3.05) is 5.32 Å². The lowest BCUT2D eigenvalue weighted by Crippen LogP contribution is -2.04. The number of aromatic nitrogens is 3. The Hall–Kier alpha value is -2.99. The highest BCUT2D eigenvalue weighted by Gasteiger charge is 2.12. The number of furan rings is 1. The molecule has 0 aliphatic carbocycles. The van der Waals surface area contributed by atoms with Gasteiger partial charge in [0.25, 0.3) is 0 Å². The lowest BCUT2D eigenvalue weighted by molar-refractivity contribution is 0.490. The zero-order chi connectivity index (χ0) is 17.1. The summed E-state index contributed by atoms with van der Waals surface area (Å²) < 4.78 is 5.58. The number of nitrogens with zero attached hydrogens (tertiary/aromatic N) is 3. The van der Waals surface area contributed by atoms with Crippen molar-refractivity contribution >= 4 is 17.3 Å². The van der Waals surface area contributed by atoms with Crippen LogP contribution >= 0.6 is 11.3 Å². The second kappa shape index (κ2) is 6.86. The molecule has 0 amide bonds. The van der Waals surface area contributed by atoms with Crippen LogP contribution in [0.15, 0.2) is 64.1 Å². The van der Waals surface area contributed by atoms with Crippen LogP contribution in [0.1, 0.15) is 11.5 Å². The van der Waals surface area contributed by atoms with Gasteiger partial charge in [-0.3, -0.25) is 4.98 Å². The first-order valence-corrected chi connectivity index (χ1v) is 8.83. The van der Waals surface area contributed by atoms with Crippen molar-refractivity contribution in [3.8, 4) is 22.4 Å². The Bertz CT molecular complexity index is 964. The smallest absolute Gasteiger partial charge is 0.223 e. The summed E-state index contributed by atoms with van der Waals surface area (Å²) in [7, 11) is 0. The highest BCUT2D eigenvalue weighted by atomic mass is 32.1. The predicted octanol–water partition coefficient (Wildman–Crippen LogP) is 4.78. The fourth-order valence-corrected chi connectivity index (χ4v) is 3.22. The Morgan fingerprint density at radius 2 is 2.08 bits per heavy atom. The summed E-state index contributed by atoms with van der Waals surface area (Å²) in [5.74, 6) is 2.30. The largest absolute Gasteiger partial charge is 0.465 e. The molecule has 124 valence electrons. The van der Waals surface area contributed by atoms with Crippen LogP contribution in [-0.2, 0) is 6.54 Å². The molecule has 0 spiro atoms. The van der Waals surface area contributed by atoms with Crippen molar-refractivity contribution in [1.82, 2.24) is 15.0 Å². The molecule has 0 aliphatic rings. The zero-order valence-electron chi connectivity index (χ0n) is 13.6. The molecule has 0 bridgehead atoms. The van der Waals surface area contributed by atoms with Gasteiger partial charge in [-0.15, -0.1) is 0 Å². The van der Waals surface area contributed by atoms with Crippen LogP contribution in [0.2, 0.25) is 0 Å². The molecule has 4 rings (SSSR count). The fraction of sp³-hybridized carbons (Fsp3) is 0.105. The summed E-state index contributed by atoms with van der Waals surface area (Å²) in [6.45, 7) is 2.47. The van der Waals surface area contributed by atoms with Gasteiger partial charge in [-0.1, -0.05) is 0 Å². The maximum absolute atomic E-state index is 5.58. The van der Waals surface area contributed by atoms with E-state index in [9.17, 15) is 0 Å². The van der Waals surface area contributed by atoms with Gasteiger partial charge >= 0.3 is 0 Å². The van der Waals surface area contributed by atoms with E-state index in [1.54, 1.807) is 17.5 Å².